The molecule has 1 aromatic heterocycles. The molecule has 1 saturated heterocycles. The van der Waals surface area contributed by atoms with Crippen LogP contribution in [-0.4, -0.2) is 41.0 Å². The molecule has 0 atom stereocenters. The summed E-state index contributed by atoms with van der Waals surface area (Å²) in [5, 5.41) is 6.42. The zero-order chi connectivity index (χ0) is 20.8. The third-order valence-corrected chi connectivity index (χ3v) is 5.90. The fraction of sp³-hybridized carbons (Fsp3) is 0.545. The van der Waals surface area contributed by atoms with Crippen molar-refractivity contribution in [2.24, 2.45) is 10.7 Å². The molecule has 12 nitrogen and oxygen atoms in total. The number of anilines is 4. The summed E-state index contributed by atoms with van der Waals surface area (Å²) in [6, 6.07) is 7.87. The summed E-state index contributed by atoms with van der Waals surface area (Å²) in [5.41, 5.74) is 7.55. The summed E-state index contributed by atoms with van der Waals surface area (Å²) in [6.07, 6.45) is 9.87. The second-order valence-electron chi connectivity index (χ2n) is 8.14. The molecule has 1 aliphatic heterocycles. The van der Waals surface area contributed by atoms with Crippen LogP contribution in [0.1, 0.15) is 68.8 Å². The first-order valence-corrected chi connectivity index (χ1v) is 11.1. The Labute approximate surface area is 221 Å². The van der Waals surface area contributed by atoms with Gasteiger partial charge in [-0.3, -0.25) is 4.99 Å². The number of nitrogens with two attached hydrogens (primary N) is 1. The average molecular weight is 521 g/mol. The molecule has 2 aromatic rings. The molecule has 0 spiro atoms. The topological polar surface area (TPSA) is 244 Å². The number of aromatic nitrogens is 3. The molecule has 1 saturated carbocycles. The van der Waals surface area contributed by atoms with Crippen molar-refractivity contribution >= 4 is 41.6 Å². The van der Waals surface area contributed by atoms with Crippen LogP contribution in [0.15, 0.2) is 29.3 Å². The monoisotopic (exact) mass is 520 g/mol. The van der Waals surface area contributed by atoms with Crippen LogP contribution in [0.2, 0.25) is 0 Å². The highest BCUT2D eigenvalue weighted by molar-refractivity contribution is 5.92. The molecule has 1 aromatic carbocycles. The zero-order valence-corrected chi connectivity index (χ0v) is 21.8. The van der Waals surface area contributed by atoms with E-state index in [1.807, 2.05) is 24.3 Å². The molecule has 2 aliphatic rings. The zero-order valence-electron chi connectivity index (χ0n) is 21.0. The average Bonchev–Trinajstić information content (AvgIpc) is 2.81. The van der Waals surface area contributed by atoms with E-state index in [1.54, 1.807) is 7.05 Å². The quantitative estimate of drug-likeness (QED) is 0.176. The van der Waals surface area contributed by atoms with Crippen LogP contribution in [0, 0.1) is 0 Å². The molecule has 2 heterocycles. The largest absolute Gasteiger partial charge is 0.370 e. The number of benzene rings is 1. The Kier molecular flexibility index (Phi) is 16.5. The van der Waals surface area contributed by atoms with Gasteiger partial charge in [0.1, 0.15) is 5.82 Å². The van der Waals surface area contributed by atoms with Gasteiger partial charge in [0.2, 0.25) is 11.9 Å². The molecular weight excluding hydrogens is 468 g/mol. The first-order valence-electron chi connectivity index (χ1n) is 11.1. The number of nitrogens with one attached hydrogen (secondary N) is 2. The van der Waals surface area contributed by atoms with Crippen LogP contribution < -0.4 is 45.9 Å². The Balaban J connectivity index is -0.000000302. The SMILES string of the molecule is CN=C(N)Nc1ccc(Nc2nc(C3CCCCC3)nc(N3CCCCC3)n2)cc1.Cl.N.N.N.N.[HH].[HH].[HH].[HH]. The Morgan fingerprint density at radius 1 is 0.886 bits per heavy atom. The van der Waals surface area contributed by atoms with E-state index in [0.717, 1.165) is 36.2 Å². The van der Waals surface area contributed by atoms with Crippen LogP contribution in [0.4, 0.5) is 23.3 Å². The lowest BCUT2D eigenvalue weighted by molar-refractivity contribution is 0.427. The maximum absolute atomic E-state index is 5.73. The van der Waals surface area contributed by atoms with Crippen LogP contribution >= 0.6 is 12.4 Å². The summed E-state index contributed by atoms with van der Waals surface area (Å²) >= 11 is 0. The van der Waals surface area contributed by atoms with Crippen molar-refractivity contribution in [1.82, 2.24) is 39.6 Å². The van der Waals surface area contributed by atoms with Crippen molar-refractivity contribution in [3.8, 4) is 0 Å². The van der Waals surface area contributed by atoms with Crippen LogP contribution in [0.25, 0.3) is 0 Å². The Bertz CT molecular complexity index is 848. The molecule has 13 heteroatoms. The van der Waals surface area contributed by atoms with Crippen molar-refractivity contribution in [1.29, 1.82) is 0 Å². The number of guanidine groups is 1. The minimum absolute atomic E-state index is 0. The molecule has 35 heavy (non-hydrogen) atoms. The number of halogens is 1. The number of aliphatic imine (C=N–C) groups is 1. The summed E-state index contributed by atoms with van der Waals surface area (Å²) in [6.45, 7) is 2.04. The second-order valence-corrected chi connectivity index (χ2v) is 8.14. The smallest absolute Gasteiger partial charge is 0.232 e. The van der Waals surface area contributed by atoms with Crippen molar-refractivity contribution in [3.05, 3.63) is 30.1 Å². The van der Waals surface area contributed by atoms with Crippen molar-refractivity contribution in [3.63, 3.8) is 0 Å². The van der Waals surface area contributed by atoms with Crippen LogP contribution in [0.3, 0.4) is 0 Å². The van der Waals surface area contributed by atoms with E-state index in [1.165, 1.54) is 51.4 Å². The Hall–Kier alpha value is -2.77. The maximum atomic E-state index is 5.73. The second kappa shape index (κ2) is 16.8. The molecular formula is C22H53ClN12. The minimum Gasteiger partial charge on any atom is -0.370 e. The number of nitrogens with zero attached hydrogens (tertiary/aromatic N) is 5. The van der Waals surface area contributed by atoms with E-state index in [0.29, 0.717) is 17.8 Å². The highest BCUT2D eigenvalue weighted by Gasteiger charge is 2.22. The highest BCUT2D eigenvalue weighted by Crippen LogP contribution is 2.32. The predicted octanol–water partition coefficient (Wildman–Crippen LogP) is 6.06. The molecule has 0 unspecified atom stereocenters. The molecule has 208 valence electrons. The molecule has 0 bridgehead atoms. The van der Waals surface area contributed by atoms with E-state index >= 15 is 0 Å². The first kappa shape index (κ1) is 34.4. The fourth-order valence-electron chi connectivity index (χ4n) is 4.19. The van der Waals surface area contributed by atoms with Gasteiger partial charge in [-0.1, -0.05) is 19.3 Å². The lowest BCUT2D eigenvalue weighted by atomic mass is 9.89. The first-order chi connectivity index (χ1) is 14.7. The van der Waals surface area contributed by atoms with Gasteiger partial charge in [0, 0.05) is 43.1 Å². The molecule has 2 fully saturated rings. The van der Waals surface area contributed by atoms with E-state index in [4.69, 9.17) is 20.7 Å². The van der Waals surface area contributed by atoms with Gasteiger partial charge in [0.15, 0.2) is 5.96 Å². The van der Waals surface area contributed by atoms with Gasteiger partial charge in [-0.15, -0.1) is 12.4 Å². The van der Waals surface area contributed by atoms with E-state index in [2.05, 4.69) is 20.5 Å². The van der Waals surface area contributed by atoms with Crippen molar-refractivity contribution in [2.45, 2.75) is 57.3 Å². The number of piperidine rings is 1. The number of hydrogen-bond acceptors (Lipinski definition) is 10. The van der Waals surface area contributed by atoms with Crippen molar-refractivity contribution < 1.29 is 5.71 Å². The van der Waals surface area contributed by atoms with Gasteiger partial charge < -0.3 is 45.9 Å². The van der Waals surface area contributed by atoms with Gasteiger partial charge in [-0.2, -0.15) is 15.0 Å². The molecule has 4 rings (SSSR count). The third kappa shape index (κ3) is 9.42. The van der Waals surface area contributed by atoms with Gasteiger partial charge >= 0.3 is 0 Å². The van der Waals surface area contributed by atoms with E-state index in [-0.39, 0.29) is 42.7 Å². The summed E-state index contributed by atoms with van der Waals surface area (Å²) in [4.78, 5) is 20.7. The van der Waals surface area contributed by atoms with Gasteiger partial charge in [0.05, 0.1) is 0 Å². The fourth-order valence-corrected chi connectivity index (χ4v) is 4.19. The lowest BCUT2D eigenvalue weighted by Crippen LogP contribution is -2.31. The highest BCUT2D eigenvalue weighted by atomic mass is 35.5. The van der Waals surface area contributed by atoms with E-state index in [9.17, 15) is 0 Å². The Morgan fingerprint density at radius 2 is 1.46 bits per heavy atom. The minimum atomic E-state index is 0. The summed E-state index contributed by atoms with van der Waals surface area (Å²) < 4.78 is 0. The molecule has 0 amide bonds. The van der Waals surface area contributed by atoms with Gasteiger partial charge in [-0.05, 0) is 56.4 Å². The molecule has 16 N–H and O–H groups in total. The normalized spacial score (nSPS) is 15.7. The van der Waals surface area contributed by atoms with Gasteiger partial charge in [0.25, 0.3) is 0 Å². The summed E-state index contributed by atoms with van der Waals surface area (Å²) in [5.74, 6) is 3.21. The molecule has 1 aliphatic carbocycles. The van der Waals surface area contributed by atoms with Crippen LogP contribution in [-0.2, 0) is 0 Å². The number of hydrogen-bond donors (Lipinski definition) is 7. The predicted molar refractivity (Wildman–Crippen MR) is 158 cm³/mol. The standard InChI is InChI=1S/C22H32N8.ClH.4H3N.4H2/c1-24-20(23)25-17-10-12-18(13-11-17)26-21-27-19(16-8-4-2-5-9-16)28-22(29-21)30-14-6-3-7-15-30;;;;;;;;;/h10-13,16H,2-9,14-15H2,1H3,(H3,23,24,25)(H,26,27,28,29);1H;4*1H3;4*1H. The number of rotatable bonds is 5. The lowest BCUT2D eigenvalue weighted by Gasteiger charge is -2.28. The molecule has 0 radical (unpaired) electrons. The van der Waals surface area contributed by atoms with E-state index < -0.39 is 0 Å². The van der Waals surface area contributed by atoms with Crippen molar-refractivity contribution in [2.75, 3.05) is 35.7 Å². The maximum Gasteiger partial charge on any atom is 0.232 e. The third-order valence-electron chi connectivity index (χ3n) is 5.90. The van der Waals surface area contributed by atoms with Crippen LogP contribution in [0.5, 0.6) is 0 Å². The Morgan fingerprint density at radius 3 is 2.06 bits per heavy atom. The van der Waals surface area contributed by atoms with Gasteiger partial charge in [-0.25, -0.2) is 0 Å². The summed E-state index contributed by atoms with van der Waals surface area (Å²) in [7, 11) is 1.66.